The van der Waals surface area contributed by atoms with Crippen molar-refractivity contribution in [2.45, 2.75) is 13.1 Å². The second-order valence-corrected chi connectivity index (χ2v) is 6.27. The fourth-order valence-corrected chi connectivity index (χ4v) is 2.85. The normalized spacial score (nSPS) is 10.6. The Morgan fingerprint density at radius 1 is 1.04 bits per heavy atom. The zero-order chi connectivity index (χ0) is 16.9. The Labute approximate surface area is 150 Å². The van der Waals surface area contributed by atoms with Crippen molar-refractivity contribution in [3.05, 3.63) is 87.9 Å². The summed E-state index contributed by atoms with van der Waals surface area (Å²) in [5, 5.41) is 3.75. The van der Waals surface area contributed by atoms with E-state index in [1.54, 1.807) is 30.7 Å². The van der Waals surface area contributed by atoms with Gasteiger partial charge in [-0.1, -0.05) is 47.5 Å². The Morgan fingerprint density at radius 3 is 2.33 bits per heavy atom. The number of amides is 1. The van der Waals surface area contributed by atoms with Crippen molar-refractivity contribution < 1.29 is 4.79 Å². The molecule has 0 unspecified atom stereocenters. The fourth-order valence-electron chi connectivity index (χ4n) is 2.32. The van der Waals surface area contributed by atoms with Gasteiger partial charge in [0.15, 0.2) is 0 Å². The van der Waals surface area contributed by atoms with Crippen LogP contribution in [0.4, 0.5) is 0 Å². The van der Waals surface area contributed by atoms with Gasteiger partial charge in [0, 0.05) is 41.1 Å². The molecular formula is C18H15Cl2N3O. The number of nitrogens with one attached hydrogen (secondary N) is 1. The van der Waals surface area contributed by atoms with Crippen LogP contribution in [0.5, 0.6) is 0 Å². The first-order chi connectivity index (χ1) is 11.6. The van der Waals surface area contributed by atoms with Gasteiger partial charge in [-0.2, -0.15) is 0 Å². The van der Waals surface area contributed by atoms with Gasteiger partial charge < -0.3 is 9.88 Å². The fraction of sp³-hybridized carbons (Fsp3) is 0.111. The number of imidazole rings is 1. The molecule has 24 heavy (non-hydrogen) atoms. The number of carbonyl (C=O) groups excluding carboxylic acids is 1. The van der Waals surface area contributed by atoms with Crippen molar-refractivity contribution in [1.82, 2.24) is 14.9 Å². The van der Waals surface area contributed by atoms with E-state index >= 15 is 0 Å². The quantitative estimate of drug-likeness (QED) is 0.742. The van der Waals surface area contributed by atoms with Gasteiger partial charge in [0.1, 0.15) is 0 Å². The summed E-state index contributed by atoms with van der Waals surface area (Å²) in [6, 6.07) is 12.9. The molecule has 0 saturated carbocycles. The largest absolute Gasteiger partial charge is 0.348 e. The number of benzene rings is 2. The van der Waals surface area contributed by atoms with E-state index in [1.165, 1.54) is 5.56 Å². The molecule has 1 amide bonds. The smallest absolute Gasteiger partial charge is 0.251 e. The van der Waals surface area contributed by atoms with Crippen molar-refractivity contribution in [2.24, 2.45) is 0 Å². The summed E-state index contributed by atoms with van der Waals surface area (Å²) in [7, 11) is 0. The molecule has 0 aliphatic carbocycles. The lowest BCUT2D eigenvalue weighted by molar-refractivity contribution is 0.0951. The molecule has 1 aromatic heterocycles. The van der Waals surface area contributed by atoms with Crippen LogP contribution in [0.25, 0.3) is 0 Å². The number of nitrogens with zero attached hydrogens (tertiary/aromatic N) is 2. The lowest BCUT2D eigenvalue weighted by atomic mass is 10.1. The highest BCUT2D eigenvalue weighted by molar-refractivity contribution is 6.35. The van der Waals surface area contributed by atoms with Crippen molar-refractivity contribution in [3.63, 3.8) is 0 Å². The van der Waals surface area contributed by atoms with E-state index in [-0.39, 0.29) is 5.91 Å². The monoisotopic (exact) mass is 359 g/mol. The molecule has 0 aliphatic rings. The van der Waals surface area contributed by atoms with Gasteiger partial charge >= 0.3 is 0 Å². The molecular weight excluding hydrogens is 345 g/mol. The second kappa shape index (κ2) is 7.51. The zero-order valence-corrected chi connectivity index (χ0v) is 14.3. The minimum absolute atomic E-state index is 0.207. The van der Waals surface area contributed by atoms with Crippen LogP contribution in [0, 0.1) is 0 Å². The molecule has 0 saturated heterocycles. The van der Waals surface area contributed by atoms with Crippen LogP contribution < -0.4 is 5.32 Å². The van der Waals surface area contributed by atoms with Crippen LogP contribution >= 0.6 is 23.2 Å². The molecule has 1 heterocycles. The predicted molar refractivity (Wildman–Crippen MR) is 95.4 cm³/mol. The predicted octanol–water partition coefficient (Wildman–Crippen LogP) is 4.17. The average Bonchev–Trinajstić information content (AvgIpc) is 3.06. The molecule has 122 valence electrons. The second-order valence-electron chi connectivity index (χ2n) is 5.39. The topological polar surface area (TPSA) is 46.9 Å². The van der Waals surface area contributed by atoms with Crippen molar-refractivity contribution in [1.29, 1.82) is 0 Å². The highest BCUT2D eigenvalue weighted by atomic mass is 35.5. The lowest BCUT2D eigenvalue weighted by Crippen LogP contribution is -2.22. The lowest BCUT2D eigenvalue weighted by Gasteiger charge is -2.08. The summed E-state index contributed by atoms with van der Waals surface area (Å²) in [5.41, 5.74) is 2.64. The molecule has 4 nitrogen and oxygen atoms in total. The third-order valence-corrected chi connectivity index (χ3v) is 3.96. The van der Waals surface area contributed by atoms with Gasteiger partial charge in [-0.25, -0.2) is 4.98 Å². The van der Waals surface area contributed by atoms with E-state index in [9.17, 15) is 4.79 Å². The van der Waals surface area contributed by atoms with Gasteiger partial charge in [-0.3, -0.25) is 4.79 Å². The van der Waals surface area contributed by atoms with Gasteiger partial charge in [0.25, 0.3) is 5.91 Å². The van der Waals surface area contributed by atoms with E-state index in [0.29, 0.717) is 22.2 Å². The molecule has 0 aliphatic heterocycles. The summed E-state index contributed by atoms with van der Waals surface area (Å²) in [6.07, 6.45) is 5.46. The van der Waals surface area contributed by atoms with E-state index in [0.717, 1.165) is 12.1 Å². The number of hydrogen-bond acceptors (Lipinski definition) is 2. The zero-order valence-electron chi connectivity index (χ0n) is 12.7. The minimum atomic E-state index is -0.207. The summed E-state index contributed by atoms with van der Waals surface area (Å²) >= 11 is 11.8. The number of aromatic nitrogens is 2. The van der Waals surface area contributed by atoms with Gasteiger partial charge in [0.05, 0.1) is 6.33 Å². The van der Waals surface area contributed by atoms with E-state index in [2.05, 4.69) is 10.3 Å². The van der Waals surface area contributed by atoms with Crippen LogP contribution in [0.1, 0.15) is 21.5 Å². The Kier molecular flexibility index (Phi) is 5.18. The highest BCUT2D eigenvalue weighted by Gasteiger charge is 2.07. The molecule has 0 spiro atoms. The number of hydrogen-bond donors (Lipinski definition) is 1. The summed E-state index contributed by atoms with van der Waals surface area (Å²) in [5.74, 6) is -0.207. The van der Waals surface area contributed by atoms with Crippen LogP contribution in [0.15, 0.2) is 61.2 Å². The molecule has 1 N–H and O–H groups in total. The van der Waals surface area contributed by atoms with Crippen molar-refractivity contribution in [3.8, 4) is 0 Å². The molecule has 3 rings (SSSR count). The van der Waals surface area contributed by atoms with Crippen LogP contribution in [0.2, 0.25) is 10.0 Å². The molecule has 3 aromatic rings. The Balaban J connectivity index is 1.59. The van der Waals surface area contributed by atoms with E-state index in [1.807, 2.05) is 35.0 Å². The van der Waals surface area contributed by atoms with Crippen LogP contribution in [0.3, 0.4) is 0 Å². The molecule has 0 fully saturated rings. The summed E-state index contributed by atoms with van der Waals surface area (Å²) < 4.78 is 2.00. The van der Waals surface area contributed by atoms with Crippen molar-refractivity contribution in [2.75, 3.05) is 0 Å². The molecule has 0 atom stereocenters. The number of halogens is 2. The number of rotatable bonds is 5. The first-order valence-electron chi connectivity index (χ1n) is 7.38. The van der Waals surface area contributed by atoms with Gasteiger partial charge in [-0.05, 0) is 29.3 Å². The van der Waals surface area contributed by atoms with Gasteiger partial charge in [-0.15, -0.1) is 0 Å². The summed E-state index contributed by atoms with van der Waals surface area (Å²) in [4.78, 5) is 16.2. The average molecular weight is 360 g/mol. The first kappa shape index (κ1) is 16.6. The van der Waals surface area contributed by atoms with Gasteiger partial charge in [0.2, 0.25) is 0 Å². The minimum Gasteiger partial charge on any atom is -0.348 e. The maximum atomic E-state index is 12.2. The Bertz CT molecular complexity index is 810. The summed E-state index contributed by atoms with van der Waals surface area (Å²) in [6.45, 7) is 1.21. The van der Waals surface area contributed by atoms with E-state index < -0.39 is 0 Å². The third-order valence-electron chi connectivity index (χ3n) is 3.53. The number of carbonyl (C=O) groups is 1. The standard InChI is InChI=1S/C18H15Cl2N3O/c19-16-7-15(8-17(20)9-16)18(24)22-10-13-1-3-14(4-2-13)11-23-6-5-21-12-23/h1-9,12H,10-11H2,(H,22,24). The third kappa shape index (κ3) is 4.37. The molecule has 0 radical (unpaired) electrons. The SMILES string of the molecule is O=C(NCc1ccc(Cn2ccnc2)cc1)c1cc(Cl)cc(Cl)c1. The molecule has 6 heteroatoms. The van der Waals surface area contributed by atoms with Crippen LogP contribution in [-0.2, 0) is 13.1 Å². The maximum Gasteiger partial charge on any atom is 0.251 e. The molecule has 0 bridgehead atoms. The van der Waals surface area contributed by atoms with E-state index in [4.69, 9.17) is 23.2 Å². The Morgan fingerprint density at radius 2 is 1.71 bits per heavy atom. The molecule has 2 aromatic carbocycles. The Hall–Kier alpha value is -2.30. The van der Waals surface area contributed by atoms with Crippen LogP contribution in [-0.4, -0.2) is 15.5 Å². The van der Waals surface area contributed by atoms with Crippen molar-refractivity contribution >= 4 is 29.1 Å². The highest BCUT2D eigenvalue weighted by Crippen LogP contribution is 2.19. The maximum absolute atomic E-state index is 12.2. The first-order valence-corrected chi connectivity index (χ1v) is 8.13.